The fourth-order valence-corrected chi connectivity index (χ4v) is 2.51. The maximum Gasteiger partial charge on any atom is 0.242 e. The van der Waals surface area contributed by atoms with Crippen LogP contribution in [-0.2, 0) is 10.0 Å². The molecule has 6 heteroatoms. The van der Waals surface area contributed by atoms with Gasteiger partial charge < -0.3 is 5.73 Å². The van der Waals surface area contributed by atoms with E-state index in [4.69, 9.17) is 11.0 Å². The molecular weight excluding hydrogens is 238 g/mol. The summed E-state index contributed by atoms with van der Waals surface area (Å²) in [5, 5.41) is 8.66. The Hall–Kier alpha value is -1.58. The highest BCUT2D eigenvalue weighted by Gasteiger charge is 2.16. The molecule has 0 unspecified atom stereocenters. The highest BCUT2D eigenvalue weighted by atomic mass is 32.2. The van der Waals surface area contributed by atoms with Gasteiger partial charge in [0.2, 0.25) is 10.0 Å². The molecule has 0 aromatic heterocycles. The maximum atomic E-state index is 11.9. The second kappa shape index (κ2) is 5.66. The van der Waals surface area contributed by atoms with Crippen LogP contribution in [0.25, 0.3) is 0 Å². The number of hydrogen-bond acceptors (Lipinski definition) is 4. The lowest BCUT2D eigenvalue weighted by Crippen LogP contribution is -2.25. The molecule has 0 atom stereocenters. The summed E-state index contributed by atoms with van der Waals surface area (Å²) in [7, 11) is -3.57. The van der Waals surface area contributed by atoms with Gasteiger partial charge in [-0.15, -0.1) is 0 Å². The van der Waals surface area contributed by atoms with Crippen molar-refractivity contribution in [3.05, 3.63) is 23.8 Å². The molecule has 0 saturated carbocycles. The van der Waals surface area contributed by atoms with Crippen molar-refractivity contribution in [2.24, 2.45) is 0 Å². The number of nitrogens with two attached hydrogens (primary N) is 1. The average Bonchev–Trinajstić information content (AvgIpc) is 2.28. The van der Waals surface area contributed by atoms with Crippen LogP contribution in [0.1, 0.15) is 25.3 Å². The molecule has 5 nitrogen and oxygen atoms in total. The Morgan fingerprint density at radius 1 is 1.47 bits per heavy atom. The van der Waals surface area contributed by atoms with E-state index in [0.717, 1.165) is 12.8 Å². The summed E-state index contributed by atoms with van der Waals surface area (Å²) in [6.07, 6.45) is 1.68. The zero-order valence-corrected chi connectivity index (χ0v) is 10.4. The van der Waals surface area contributed by atoms with Gasteiger partial charge in [0, 0.05) is 6.54 Å². The average molecular weight is 253 g/mol. The monoisotopic (exact) mass is 253 g/mol. The molecule has 17 heavy (non-hydrogen) atoms. The number of nitriles is 1. The van der Waals surface area contributed by atoms with Crippen LogP contribution in [0.5, 0.6) is 0 Å². The Bertz CT molecular complexity index is 532. The molecule has 0 aliphatic heterocycles. The minimum Gasteiger partial charge on any atom is -0.398 e. The van der Waals surface area contributed by atoms with Crippen molar-refractivity contribution in [3.63, 3.8) is 0 Å². The fraction of sp³-hybridized carbons (Fsp3) is 0.364. The lowest BCUT2D eigenvalue weighted by Gasteiger charge is -2.08. The van der Waals surface area contributed by atoms with Gasteiger partial charge in [-0.1, -0.05) is 13.3 Å². The third-order valence-electron chi connectivity index (χ3n) is 2.25. The van der Waals surface area contributed by atoms with Gasteiger partial charge in [-0.25, -0.2) is 13.1 Å². The van der Waals surface area contributed by atoms with Crippen LogP contribution < -0.4 is 10.5 Å². The predicted octanol–water partition coefficient (Wildman–Crippen LogP) is 1.22. The number of nitrogens with one attached hydrogen (secondary N) is 1. The number of anilines is 1. The summed E-state index contributed by atoms with van der Waals surface area (Å²) in [5.74, 6) is 0. The van der Waals surface area contributed by atoms with Crippen LogP contribution in [0.15, 0.2) is 23.1 Å². The molecule has 1 aromatic rings. The molecule has 1 rings (SSSR count). The van der Waals surface area contributed by atoms with E-state index in [2.05, 4.69) is 4.72 Å². The van der Waals surface area contributed by atoms with Crippen molar-refractivity contribution in [3.8, 4) is 6.07 Å². The summed E-state index contributed by atoms with van der Waals surface area (Å²) >= 11 is 0. The summed E-state index contributed by atoms with van der Waals surface area (Å²) in [6, 6.07) is 6.04. The van der Waals surface area contributed by atoms with E-state index in [1.165, 1.54) is 18.2 Å². The number of sulfonamides is 1. The molecule has 0 amide bonds. The number of nitrogens with zero attached hydrogens (tertiary/aromatic N) is 1. The molecule has 0 saturated heterocycles. The molecule has 3 N–H and O–H groups in total. The van der Waals surface area contributed by atoms with E-state index in [0.29, 0.717) is 12.1 Å². The van der Waals surface area contributed by atoms with Crippen LogP contribution in [0.3, 0.4) is 0 Å². The van der Waals surface area contributed by atoms with Crippen LogP contribution in [-0.4, -0.2) is 15.0 Å². The van der Waals surface area contributed by atoms with Gasteiger partial charge >= 0.3 is 0 Å². The van der Waals surface area contributed by atoms with Crippen molar-refractivity contribution in [2.75, 3.05) is 12.3 Å². The Labute approximate surface area is 101 Å². The van der Waals surface area contributed by atoms with Crippen LogP contribution in [0.2, 0.25) is 0 Å². The van der Waals surface area contributed by atoms with Gasteiger partial charge in [0.05, 0.1) is 17.3 Å². The highest BCUT2D eigenvalue weighted by Crippen LogP contribution is 2.19. The molecule has 0 radical (unpaired) electrons. The Balaban J connectivity index is 2.96. The largest absolute Gasteiger partial charge is 0.398 e. The van der Waals surface area contributed by atoms with E-state index >= 15 is 0 Å². The fourth-order valence-electron chi connectivity index (χ4n) is 1.32. The lowest BCUT2D eigenvalue weighted by molar-refractivity contribution is 0.579. The van der Waals surface area contributed by atoms with Gasteiger partial charge in [0.1, 0.15) is 4.90 Å². The first-order valence-corrected chi connectivity index (χ1v) is 6.79. The van der Waals surface area contributed by atoms with E-state index in [1.807, 2.05) is 13.0 Å². The predicted molar refractivity (Wildman–Crippen MR) is 65.7 cm³/mol. The summed E-state index contributed by atoms with van der Waals surface area (Å²) < 4.78 is 26.2. The molecule has 0 heterocycles. The van der Waals surface area contributed by atoms with E-state index in [-0.39, 0.29) is 10.6 Å². The van der Waals surface area contributed by atoms with E-state index in [9.17, 15) is 8.42 Å². The molecular formula is C11H15N3O2S. The van der Waals surface area contributed by atoms with Crippen molar-refractivity contribution in [1.29, 1.82) is 5.26 Å². The van der Waals surface area contributed by atoms with Gasteiger partial charge in [0.25, 0.3) is 0 Å². The van der Waals surface area contributed by atoms with Crippen molar-refractivity contribution in [1.82, 2.24) is 4.72 Å². The number of hydrogen-bond donors (Lipinski definition) is 2. The molecule has 0 bridgehead atoms. The van der Waals surface area contributed by atoms with Gasteiger partial charge in [-0.05, 0) is 24.6 Å². The molecule has 0 aliphatic carbocycles. The second-order valence-electron chi connectivity index (χ2n) is 3.62. The SMILES string of the molecule is CCCCNS(=O)(=O)c1ccc(C#N)cc1N. The van der Waals surface area contributed by atoms with Crippen molar-refractivity contribution < 1.29 is 8.42 Å². The number of rotatable bonds is 5. The molecule has 0 aliphatic rings. The van der Waals surface area contributed by atoms with Crippen LogP contribution >= 0.6 is 0 Å². The minimum atomic E-state index is -3.57. The zero-order valence-electron chi connectivity index (χ0n) is 9.60. The molecule has 0 fully saturated rings. The first-order valence-electron chi connectivity index (χ1n) is 5.30. The topological polar surface area (TPSA) is 96.0 Å². The first-order chi connectivity index (χ1) is 8.01. The Morgan fingerprint density at radius 3 is 2.71 bits per heavy atom. The second-order valence-corrected chi connectivity index (χ2v) is 5.35. The van der Waals surface area contributed by atoms with Crippen LogP contribution in [0, 0.1) is 11.3 Å². The number of benzene rings is 1. The summed E-state index contributed by atoms with van der Waals surface area (Å²) in [4.78, 5) is 0.0209. The highest BCUT2D eigenvalue weighted by molar-refractivity contribution is 7.89. The number of unbranched alkanes of at least 4 members (excludes halogenated alkanes) is 1. The van der Waals surface area contributed by atoms with Gasteiger partial charge in [0.15, 0.2) is 0 Å². The standard InChI is InChI=1S/C11H15N3O2S/c1-2-3-6-14-17(15,16)11-5-4-9(8-12)7-10(11)13/h4-5,7,14H,2-3,6,13H2,1H3. The maximum absolute atomic E-state index is 11.9. The molecule has 1 aromatic carbocycles. The molecule has 92 valence electrons. The third-order valence-corrected chi connectivity index (χ3v) is 3.79. The minimum absolute atomic E-state index is 0.0209. The quantitative estimate of drug-likeness (QED) is 0.609. The molecule has 0 spiro atoms. The van der Waals surface area contributed by atoms with Gasteiger partial charge in [-0.2, -0.15) is 5.26 Å². The Morgan fingerprint density at radius 2 is 2.18 bits per heavy atom. The van der Waals surface area contributed by atoms with E-state index in [1.54, 1.807) is 0 Å². The smallest absolute Gasteiger partial charge is 0.242 e. The third kappa shape index (κ3) is 3.44. The first kappa shape index (κ1) is 13.5. The van der Waals surface area contributed by atoms with E-state index < -0.39 is 10.0 Å². The summed E-state index contributed by atoms with van der Waals surface area (Å²) in [5.41, 5.74) is 6.05. The van der Waals surface area contributed by atoms with Crippen LogP contribution in [0.4, 0.5) is 5.69 Å². The summed E-state index contributed by atoms with van der Waals surface area (Å²) in [6.45, 7) is 2.36. The normalized spacial score (nSPS) is 11.1. The zero-order chi connectivity index (χ0) is 12.9. The van der Waals surface area contributed by atoms with Crippen molar-refractivity contribution >= 4 is 15.7 Å². The Kier molecular flexibility index (Phi) is 4.49. The number of nitrogen functional groups attached to an aromatic ring is 1. The van der Waals surface area contributed by atoms with Gasteiger partial charge in [-0.3, -0.25) is 0 Å². The lowest BCUT2D eigenvalue weighted by atomic mass is 10.2. The van der Waals surface area contributed by atoms with Crippen molar-refractivity contribution in [2.45, 2.75) is 24.7 Å².